The van der Waals surface area contributed by atoms with Gasteiger partial charge in [0.25, 0.3) is 0 Å². The van der Waals surface area contributed by atoms with Crippen LogP contribution in [-0.4, -0.2) is 6.54 Å². The van der Waals surface area contributed by atoms with Crippen molar-refractivity contribution < 1.29 is 4.39 Å². The highest BCUT2D eigenvalue weighted by Crippen LogP contribution is 2.47. The monoisotopic (exact) mass is 277 g/mol. The Labute approximate surface area is 123 Å². The van der Waals surface area contributed by atoms with Crippen molar-refractivity contribution in [1.29, 1.82) is 0 Å². The van der Waals surface area contributed by atoms with Gasteiger partial charge in [-0.15, -0.1) is 0 Å². The minimum atomic E-state index is -0.123. The Morgan fingerprint density at radius 2 is 2.10 bits per heavy atom. The highest BCUT2D eigenvalue weighted by Gasteiger charge is 2.38. The van der Waals surface area contributed by atoms with E-state index in [0.717, 1.165) is 12.1 Å². The molecule has 1 aliphatic rings. The molecule has 2 heteroatoms. The summed E-state index contributed by atoms with van der Waals surface area (Å²) in [6.07, 6.45) is 5.13. The lowest BCUT2D eigenvalue weighted by Crippen LogP contribution is -2.39. The first-order valence-electron chi connectivity index (χ1n) is 7.95. The van der Waals surface area contributed by atoms with E-state index in [1.54, 1.807) is 12.1 Å². The van der Waals surface area contributed by atoms with Crippen LogP contribution in [0.1, 0.15) is 63.6 Å². The van der Waals surface area contributed by atoms with E-state index in [1.165, 1.54) is 31.2 Å². The van der Waals surface area contributed by atoms with Gasteiger partial charge in [0.1, 0.15) is 5.82 Å². The lowest BCUT2D eigenvalue weighted by molar-refractivity contribution is 0.0985. The molecule has 2 atom stereocenters. The van der Waals surface area contributed by atoms with Crippen LogP contribution in [0.25, 0.3) is 0 Å². The van der Waals surface area contributed by atoms with Crippen LogP contribution in [0.15, 0.2) is 18.2 Å². The van der Waals surface area contributed by atoms with Crippen molar-refractivity contribution in [2.75, 3.05) is 6.54 Å². The smallest absolute Gasteiger partial charge is 0.123 e. The zero-order valence-corrected chi connectivity index (χ0v) is 13.3. The number of aryl methyl sites for hydroxylation is 1. The molecule has 0 amide bonds. The van der Waals surface area contributed by atoms with Crippen molar-refractivity contribution in [2.45, 2.75) is 59.4 Å². The highest BCUT2D eigenvalue weighted by molar-refractivity contribution is 5.30. The fourth-order valence-electron chi connectivity index (χ4n) is 3.77. The van der Waals surface area contributed by atoms with Crippen LogP contribution >= 0.6 is 0 Å². The molecule has 1 aromatic carbocycles. The van der Waals surface area contributed by atoms with Gasteiger partial charge < -0.3 is 5.32 Å². The third kappa shape index (κ3) is 3.22. The summed E-state index contributed by atoms with van der Waals surface area (Å²) in [5, 5.41) is 3.63. The Morgan fingerprint density at radius 1 is 1.35 bits per heavy atom. The van der Waals surface area contributed by atoms with Crippen LogP contribution < -0.4 is 5.32 Å². The molecule has 20 heavy (non-hydrogen) atoms. The maximum atomic E-state index is 13.7. The first kappa shape index (κ1) is 15.5. The standard InChI is InChI=1S/C18H28FN/c1-5-20-17(15-12-14(19)10-9-13(15)2)16-8-6-7-11-18(16,3)4/h9-10,12,16-17,20H,5-8,11H2,1-4H3. The number of hydrogen-bond donors (Lipinski definition) is 1. The average molecular weight is 277 g/mol. The molecule has 1 aromatic rings. The summed E-state index contributed by atoms with van der Waals surface area (Å²) in [5.74, 6) is 0.457. The fraction of sp³-hybridized carbons (Fsp3) is 0.667. The molecule has 1 nitrogen and oxygen atoms in total. The van der Waals surface area contributed by atoms with E-state index < -0.39 is 0 Å². The van der Waals surface area contributed by atoms with Gasteiger partial charge >= 0.3 is 0 Å². The molecule has 1 N–H and O–H groups in total. The number of halogens is 1. The molecule has 1 aliphatic carbocycles. The van der Waals surface area contributed by atoms with Crippen LogP contribution in [0.4, 0.5) is 4.39 Å². The second-order valence-corrected chi connectivity index (χ2v) is 6.88. The summed E-state index contributed by atoms with van der Waals surface area (Å²) in [5.41, 5.74) is 2.66. The Morgan fingerprint density at radius 3 is 2.75 bits per heavy atom. The van der Waals surface area contributed by atoms with Crippen LogP contribution in [0.2, 0.25) is 0 Å². The van der Waals surface area contributed by atoms with E-state index in [2.05, 4.69) is 33.0 Å². The SMILES string of the molecule is CCNC(c1cc(F)ccc1C)C1CCCCC1(C)C. The van der Waals surface area contributed by atoms with Gasteiger partial charge in [0.2, 0.25) is 0 Å². The van der Waals surface area contributed by atoms with E-state index in [9.17, 15) is 4.39 Å². The number of rotatable bonds is 4. The molecule has 0 bridgehead atoms. The number of benzene rings is 1. The van der Waals surface area contributed by atoms with E-state index in [1.807, 2.05) is 6.07 Å². The largest absolute Gasteiger partial charge is 0.310 e. The van der Waals surface area contributed by atoms with Crippen LogP contribution in [0, 0.1) is 24.1 Å². The van der Waals surface area contributed by atoms with Crippen molar-refractivity contribution in [1.82, 2.24) is 5.32 Å². The summed E-state index contributed by atoms with van der Waals surface area (Å²) < 4.78 is 13.7. The molecule has 0 radical (unpaired) electrons. The molecule has 2 unspecified atom stereocenters. The van der Waals surface area contributed by atoms with Gasteiger partial charge in [0, 0.05) is 6.04 Å². The second-order valence-electron chi connectivity index (χ2n) is 6.88. The van der Waals surface area contributed by atoms with Gasteiger partial charge in [0.05, 0.1) is 0 Å². The predicted molar refractivity (Wildman–Crippen MR) is 83.3 cm³/mol. The van der Waals surface area contributed by atoms with Crippen molar-refractivity contribution in [3.05, 3.63) is 35.1 Å². The molecule has 112 valence electrons. The summed E-state index contributed by atoms with van der Waals surface area (Å²) in [4.78, 5) is 0. The lowest BCUT2D eigenvalue weighted by atomic mass is 9.64. The second kappa shape index (κ2) is 6.26. The minimum Gasteiger partial charge on any atom is -0.310 e. The summed E-state index contributed by atoms with van der Waals surface area (Å²) in [7, 11) is 0. The minimum absolute atomic E-state index is 0.123. The molecule has 0 saturated heterocycles. The Hall–Kier alpha value is -0.890. The first-order chi connectivity index (χ1) is 9.45. The molecule has 0 spiro atoms. The van der Waals surface area contributed by atoms with E-state index in [0.29, 0.717) is 11.3 Å². The van der Waals surface area contributed by atoms with Crippen molar-refractivity contribution in [3.8, 4) is 0 Å². The van der Waals surface area contributed by atoms with Crippen molar-refractivity contribution in [3.63, 3.8) is 0 Å². The first-order valence-corrected chi connectivity index (χ1v) is 7.95. The maximum absolute atomic E-state index is 13.7. The molecule has 0 aliphatic heterocycles. The average Bonchev–Trinajstić information content (AvgIpc) is 2.39. The highest BCUT2D eigenvalue weighted by atomic mass is 19.1. The van der Waals surface area contributed by atoms with Gasteiger partial charge in [0.15, 0.2) is 0 Å². The summed E-state index contributed by atoms with van der Waals surface area (Å²) in [6, 6.07) is 5.47. The summed E-state index contributed by atoms with van der Waals surface area (Å²) in [6.45, 7) is 9.89. The molecule has 0 heterocycles. The number of hydrogen-bond acceptors (Lipinski definition) is 1. The molecule has 1 fully saturated rings. The van der Waals surface area contributed by atoms with Crippen molar-refractivity contribution >= 4 is 0 Å². The maximum Gasteiger partial charge on any atom is 0.123 e. The molecule has 1 saturated carbocycles. The zero-order chi connectivity index (χ0) is 14.8. The lowest BCUT2D eigenvalue weighted by Gasteiger charge is -2.44. The molecule has 0 aromatic heterocycles. The van der Waals surface area contributed by atoms with Gasteiger partial charge in [-0.25, -0.2) is 4.39 Å². The molecular weight excluding hydrogens is 249 g/mol. The van der Waals surface area contributed by atoms with Crippen molar-refractivity contribution in [2.24, 2.45) is 11.3 Å². The fourth-order valence-corrected chi connectivity index (χ4v) is 3.77. The van der Waals surface area contributed by atoms with E-state index in [4.69, 9.17) is 0 Å². The van der Waals surface area contributed by atoms with Gasteiger partial charge in [-0.05, 0) is 60.9 Å². The summed E-state index contributed by atoms with van der Waals surface area (Å²) >= 11 is 0. The van der Waals surface area contributed by atoms with Crippen LogP contribution in [0.5, 0.6) is 0 Å². The molecule has 2 rings (SSSR count). The Bertz CT molecular complexity index is 453. The third-order valence-electron chi connectivity index (χ3n) is 4.99. The zero-order valence-electron chi connectivity index (χ0n) is 13.3. The normalized spacial score (nSPS) is 23.6. The van der Waals surface area contributed by atoms with Gasteiger partial charge in [-0.1, -0.05) is 39.7 Å². The van der Waals surface area contributed by atoms with E-state index in [-0.39, 0.29) is 11.9 Å². The van der Waals surface area contributed by atoms with Gasteiger partial charge in [-0.2, -0.15) is 0 Å². The third-order valence-corrected chi connectivity index (χ3v) is 4.99. The topological polar surface area (TPSA) is 12.0 Å². The van der Waals surface area contributed by atoms with Crippen LogP contribution in [-0.2, 0) is 0 Å². The number of nitrogens with one attached hydrogen (secondary N) is 1. The Balaban J connectivity index is 2.37. The quantitative estimate of drug-likeness (QED) is 0.816. The molecular formula is C18H28FN. The van der Waals surface area contributed by atoms with Gasteiger partial charge in [-0.3, -0.25) is 0 Å². The van der Waals surface area contributed by atoms with Crippen LogP contribution in [0.3, 0.4) is 0 Å². The van der Waals surface area contributed by atoms with E-state index >= 15 is 0 Å². The Kier molecular flexibility index (Phi) is 4.85. The predicted octanol–water partition coefficient (Wildman–Crippen LogP) is 5.00.